The molecule has 0 aliphatic heterocycles. The van der Waals surface area contributed by atoms with Crippen molar-refractivity contribution in [2.75, 3.05) is 35.5 Å². The number of phenolic OH excluding ortho intramolecular Hbond substituents is 1. The number of benzene rings is 2. The summed E-state index contributed by atoms with van der Waals surface area (Å²) in [6, 6.07) is 6.26. The van der Waals surface area contributed by atoms with Crippen molar-refractivity contribution < 1.29 is 33.7 Å². The molecule has 2 rings (SSSR count). The number of aromatic hydroxyl groups is 1. The maximum Gasteiger partial charge on any atom is 0.251 e. The molecule has 0 unspecified atom stereocenters. The van der Waals surface area contributed by atoms with Gasteiger partial charge in [-0.25, -0.2) is 0 Å². The summed E-state index contributed by atoms with van der Waals surface area (Å²) in [6.45, 7) is 0. The molecule has 0 atom stereocenters. The molecule has 2 aromatic carbocycles. The van der Waals surface area contributed by atoms with Crippen LogP contribution in [0.2, 0.25) is 0 Å². The molecular formula is C20H23NO8. The van der Waals surface area contributed by atoms with E-state index in [1.807, 2.05) is 0 Å². The summed E-state index contributed by atoms with van der Waals surface area (Å²) in [6.07, 6.45) is 1.38. The Hall–Kier alpha value is -3.62. The van der Waals surface area contributed by atoms with Crippen LogP contribution in [0.1, 0.15) is 11.1 Å². The minimum Gasteiger partial charge on any atom is -0.502 e. The Balaban J connectivity index is 2.50. The molecule has 0 spiro atoms. The first-order chi connectivity index (χ1) is 13.9. The Bertz CT molecular complexity index is 873. The van der Waals surface area contributed by atoms with E-state index in [2.05, 4.69) is 0 Å². The number of nitro groups is 1. The standard InChI is InChI=1S/C20H23NO8/c1-25-15-8-12(9-16(26-2)19(15)22)6-14(21(23)24)7-13-10-17(27-3)20(29-5)18(11-13)28-4/h6,8-11,22H,7H2,1-5H3/b14-6-. The van der Waals surface area contributed by atoms with Crippen molar-refractivity contribution in [2.45, 2.75) is 6.42 Å². The zero-order valence-corrected chi connectivity index (χ0v) is 16.8. The lowest BCUT2D eigenvalue weighted by Gasteiger charge is -2.13. The molecule has 0 bridgehead atoms. The lowest BCUT2D eigenvalue weighted by Crippen LogP contribution is -2.04. The second-order valence-electron chi connectivity index (χ2n) is 5.88. The van der Waals surface area contributed by atoms with Crippen molar-refractivity contribution in [1.29, 1.82) is 0 Å². The van der Waals surface area contributed by atoms with Crippen molar-refractivity contribution in [3.63, 3.8) is 0 Å². The second kappa shape index (κ2) is 9.54. The molecule has 9 nitrogen and oxygen atoms in total. The van der Waals surface area contributed by atoms with Crippen LogP contribution in [-0.2, 0) is 6.42 Å². The molecule has 0 radical (unpaired) electrons. The summed E-state index contributed by atoms with van der Waals surface area (Å²) in [4.78, 5) is 11.2. The molecule has 0 heterocycles. The zero-order valence-electron chi connectivity index (χ0n) is 16.8. The molecule has 0 aliphatic carbocycles. The molecule has 0 amide bonds. The monoisotopic (exact) mass is 405 g/mol. The topological polar surface area (TPSA) is 110 Å². The normalized spacial score (nSPS) is 11.0. The molecule has 9 heteroatoms. The van der Waals surface area contributed by atoms with Gasteiger partial charge in [0.25, 0.3) is 5.70 Å². The number of methoxy groups -OCH3 is 5. The van der Waals surface area contributed by atoms with E-state index in [0.29, 0.717) is 28.4 Å². The minimum absolute atomic E-state index is 0.00474. The highest BCUT2D eigenvalue weighted by Gasteiger charge is 2.19. The smallest absolute Gasteiger partial charge is 0.251 e. The van der Waals surface area contributed by atoms with Crippen LogP contribution >= 0.6 is 0 Å². The van der Waals surface area contributed by atoms with Crippen molar-refractivity contribution in [3.05, 3.63) is 51.2 Å². The molecule has 156 valence electrons. The van der Waals surface area contributed by atoms with Crippen molar-refractivity contribution in [3.8, 4) is 34.5 Å². The lowest BCUT2D eigenvalue weighted by atomic mass is 10.1. The molecule has 0 fully saturated rings. The number of allylic oxidation sites excluding steroid dienone is 1. The summed E-state index contributed by atoms with van der Waals surface area (Å²) in [5.41, 5.74) is 0.949. The highest BCUT2D eigenvalue weighted by molar-refractivity contribution is 5.63. The van der Waals surface area contributed by atoms with E-state index in [1.54, 1.807) is 12.1 Å². The van der Waals surface area contributed by atoms with Crippen LogP contribution in [0.3, 0.4) is 0 Å². The highest BCUT2D eigenvalue weighted by Crippen LogP contribution is 2.40. The van der Waals surface area contributed by atoms with Gasteiger partial charge in [-0.15, -0.1) is 0 Å². The number of phenols is 1. The van der Waals surface area contributed by atoms with Crippen molar-refractivity contribution >= 4 is 6.08 Å². The Morgan fingerprint density at radius 1 is 0.897 bits per heavy atom. The average Bonchev–Trinajstić information content (AvgIpc) is 2.73. The fraction of sp³-hybridized carbons (Fsp3) is 0.300. The van der Waals surface area contributed by atoms with Gasteiger partial charge < -0.3 is 28.8 Å². The van der Waals surface area contributed by atoms with Crippen LogP contribution in [0, 0.1) is 10.1 Å². The van der Waals surface area contributed by atoms with Gasteiger partial charge in [-0.1, -0.05) is 0 Å². The Morgan fingerprint density at radius 3 is 1.76 bits per heavy atom. The Kier molecular flexibility index (Phi) is 7.13. The maximum absolute atomic E-state index is 11.7. The van der Waals surface area contributed by atoms with E-state index >= 15 is 0 Å². The number of ether oxygens (including phenoxy) is 5. The molecule has 1 N–H and O–H groups in total. The molecule has 0 saturated heterocycles. The summed E-state index contributed by atoms with van der Waals surface area (Å²) in [7, 11) is 7.19. The van der Waals surface area contributed by atoms with E-state index in [9.17, 15) is 15.2 Å². The lowest BCUT2D eigenvalue weighted by molar-refractivity contribution is -0.425. The van der Waals surface area contributed by atoms with E-state index in [0.717, 1.165) is 0 Å². The van der Waals surface area contributed by atoms with Gasteiger partial charge in [0.2, 0.25) is 11.5 Å². The fourth-order valence-electron chi connectivity index (χ4n) is 2.80. The van der Waals surface area contributed by atoms with Gasteiger partial charge in [0.05, 0.1) is 46.9 Å². The van der Waals surface area contributed by atoms with Crippen LogP contribution in [0.25, 0.3) is 6.08 Å². The molecule has 0 aliphatic rings. The van der Waals surface area contributed by atoms with Gasteiger partial charge in [0.15, 0.2) is 23.0 Å². The van der Waals surface area contributed by atoms with Crippen LogP contribution < -0.4 is 23.7 Å². The first-order valence-electron chi connectivity index (χ1n) is 8.47. The third-order valence-electron chi connectivity index (χ3n) is 4.18. The molecule has 29 heavy (non-hydrogen) atoms. The molecular weight excluding hydrogens is 382 g/mol. The average molecular weight is 405 g/mol. The quantitative estimate of drug-likeness (QED) is 0.500. The molecule has 0 saturated carbocycles. The second-order valence-corrected chi connectivity index (χ2v) is 5.88. The third kappa shape index (κ3) is 4.81. The van der Waals surface area contributed by atoms with Gasteiger partial charge in [-0.2, -0.15) is 0 Å². The van der Waals surface area contributed by atoms with Gasteiger partial charge in [0.1, 0.15) is 0 Å². The molecule has 0 aromatic heterocycles. The van der Waals surface area contributed by atoms with E-state index in [4.69, 9.17) is 23.7 Å². The van der Waals surface area contributed by atoms with Gasteiger partial charge in [-0.3, -0.25) is 10.1 Å². The summed E-state index contributed by atoms with van der Waals surface area (Å²) in [5.74, 6) is 1.31. The largest absolute Gasteiger partial charge is 0.502 e. The van der Waals surface area contributed by atoms with Crippen LogP contribution in [0.5, 0.6) is 34.5 Å². The maximum atomic E-state index is 11.7. The first kappa shape index (κ1) is 21.7. The van der Waals surface area contributed by atoms with Crippen LogP contribution in [0.15, 0.2) is 30.0 Å². The Morgan fingerprint density at radius 2 is 1.38 bits per heavy atom. The van der Waals surface area contributed by atoms with Crippen molar-refractivity contribution in [2.24, 2.45) is 0 Å². The minimum atomic E-state index is -0.477. The van der Waals surface area contributed by atoms with Gasteiger partial charge >= 0.3 is 0 Å². The number of rotatable bonds is 9. The van der Waals surface area contributed by atoms with Crippen LogP contribution in [0.4, 0.5) is 0 Å². The Labute approximate surface area is 168 Å². The number of hydrogen-bond donors (Lipinski definition) is 1. The predicted molar refractivity (Wildman–Crippen MR) is 106 cm³/mol. The van der Waals surface area contributed by atoms with E-state index in [1.165, 1.54) is 53.8 Å². The summed E-state index contributed by atoms with van der Waals surface area (Å²) >= 11 is 0. The number of hydrogen-bond acceptors (Lipinski definition) is 8. The SMILES string of the molecule is COc1cc(/C=C(/Cc2cc(OC)c(OC)c(OC)c2)[N+](=O)[O-])cc(OC)c1O. The zero-order chi connectivity index (χ0) is 21.6. The van der Waals surface area contributed by atoms with Gasteiger partial charge in [0, 0.05) is 6.08 Å². The summed E-state index contributed by atoms with van der Waals surface area (Å²) in [5, 5.41) is 21.7. The highest BCUT2D eigenvalue weighted by atomic mass is 16.6. The van der Waals surface area contributed by atoms with Crippen LogP contribution in [-0.4, -0.2) is 45.6 Å². The van der Waals surface area contributed by atoms with E-state index < -0.39 is 4.92 Å². The predicted octanol–water partition coefficient (Wildman–Crippen LogP) is 3.30. The van der Waals surface area contributed by atoms with Gasteiger partial charge in [-0.05, 0) is 35.4 Å². The van der Waals surface area contributed by atoms with E-state index in [-0.39, 0.29) is 29.4 Å². The van der Waals surface area contributed by atoms with Crippen molar-refractivity contribution in [1.82, 2.24) is 0 Å². The molecule has 2 aromatic rings. The first-order valence-corrected chi connectivity index (χ1v) is 8.47. The third-order valence-corrected chi connectivity index (χ3v) is 4.18. The fourth-order valence-corrected chi connectivity index (χ4v) is 2.80. The number of nitrogens with zero attached hydrogens (tertiary/aromatic N) is 1. The summed E-state index contributed by atoms with van der Waals surface area (Å²) < 4.78 is 26.1.